The highest BCUT2D eigenvalue weighted by molar-refractivity contribution is 8.21. The summed E-state index contributed by atoms with van der Waals surface area (Å²) in [5, 5.41) is 5.44. The van der Waals surface area contributed by atoms with Crippen molar-refractivity contribution < 1.29 is 4.21 Å². The number of benzene rings is 9. The number of para-hydroxylation sites is 2. The fourth-order valence-corrected chi connectivity index (χ4v) is 21.2. The summed E-state index contributed by atoms with van der Waals surface area (Å²) in [6.45, 7) is 0. The second-order valence-corrected chi connectivity index (χ2v) is 22.9. The molecule has 2 nitrogen and oxygen atoms in total. The Labute approximate surface area is 339 Å². The van der Waals surface area contributed by atoms with Crippen LogP contribution in [0, 0.1) is 0 Å². The van der Waals surface area contributed by atoms with E-state index in [1.165, 1.54) is 32.1 Å². The van der Waals surface area contributed by atoms with E-state index in [0.29, 0.717) is 0 Å². The van der Waals surface area contributed by atoms with E-state index in [4.69, 9.17) is 0 Å². The number of hydrogen-bond acceptors (Lipinski definition) is 2. The van der Waals surface area contributed by atoms with Crippen molar-refractivity contribution in [2.45, 2.75) is 19.6 Å². The first-order valence-corrected chi connectivity index (χ1v) is 23.9. The van der Waals surface area contributed by atoms with Gasteiger partial charge in [0.2, 0.25) is 0 Å². The zero-order chi connectivity index (χ0) is 38.5. The maximum Gasteiger partial charge on any atom is 0.184 e. The second kappa shape index (κ2) is 12.1. The van der Waals surface area contributed by atoms with E-state index < -0.39 is 17.1 Å². The quantitative estimate of drug-likeness (QED) is 0.166. The molecule has 0 N–H and O–H groups in total. The summed E-state index contributed by atoms with van der Waals surface area (Å²) < 4.78 is 17.5. The number of hydrogen-bond donors (Lipinski definition) is 0. The van der Waals surface area contributed by atoms with E-state index in [1.54, 1.807) is 0 Å². The second-order valence-electron chi connectivity index (χ2n) is 15.5. The van der Waals surface area contributed by atoms with Crippen LogP contribution >= 0.6 is 0 Å². The first-order valence-electron chi connectivity index (χ1n) is 19.9. The maximum absolute atomic E-state index is 17.5. The van der Waals surface area contributed by atoms with Gasteiger partial charge in [-0.05, 0) is 96.6 Å². The van der Waals surface area contributed by atoms with Crippen molar-refractivity contribution in [3.8, 4) is 33.4 Å². The van der Waals surface area contributed by atoms with Crippen LogP contribution in [-0.2, 0) is 9.07 Å². The molecule has 1 spiro atoms. The molecule has 3 aliphatic heterocycles. The van der Waals surface area contributed by atoms with E-state index in [9.17, 15) is 0 Å². The fraction of sp³-hybridized carbons (Fsp3) is 0. The molecule has 4 heteroatoms. The number of anilines is 3. The molecule has 12 rings (SSSR count). The molecule has 0 atom stereocenters. The van der Waals surface area contributed by atoms with Crippen LogP contribution in [0.2, 0.25) is 0 Å². The summed E-state index contributed by atoms with van der Waals surface area (Å²) in [5.41, 5.74) is 9.64. The predicted molar refractivity (Wildman–Crippen MR) is 242 cm³/mol. The van der Waals surface area contributed by atoms with Crippen molar-refractivity contribution in [2.24, 2.45) is 0 Å². The third kappa shape index (κ3) is 4.03. The molecule has 0 aliphatic carbocycles. The molecule has 3 heterocycles. The van der Waals surface area contributed by atoms with Gasteiger partial charge in [-0.2, -0.15) is 0 Å². The molecule has 0 aromatic heterocycles. The summed E-state index contributed by atoms with van der Waals surface area (Å²) in [6, 6.07) is 80.9. The van der Waals surface area contributed by atoms with Crippen LogP contribution in [0.15, 0.2) is 244 Å². The van der Waals surface area contributed by atoms with Gasteiger partial charge in [-0.3, -0.25) is 4.21 Å². The minimum Gasteiger partial charge on any atom is -0.311 e. The van der Waals surface area contributed by atoms with Crippen molar-refractivity contribution in [1.82, 2.24) is 0 Å². The van der Waals surface area contributed by atoms with Gasteiger partial charge in [0, 0.05) is 45.7 Å². The molecule has 0 bridgehead atoms. The normalized spacial score (nSPS) is 16.1. The molecule has 9 aromatic rings. The molecular weight excluding hydrogens is 739 g/mol. The van der Waals surface area contributed by atoms with Crippen LogP contribution < -0.4 is 25.6 Å². The number of fused-ring (bicyclic) bond motifs is 12. The molecule has 0 amide bonds. The molecule has 0 radical (unpaired) electrons. The monoisotopic (exact) mass is 775 g/mol. The molecule has 0 fully saturated rings. The molecule has 9 aromatic carbocycles. The molecule has 274 valence electrons. The molecular formula is C54H37NOSSi. The Balaban J connectivity index is 1.13. The maximum atomic E-state index is 17.5. The van der Waals surface area contributed by atoms with Crippen molar-refractivity contribution in [3.05, 3.63) is 224 Å². The summed E-state index contributed by atoms with van der Waals surface area (Å²) >= 11 is 0. The highest BCUT2D eigenvalue weighted by Gasteiger charge is 2.58. The average Bonchev–Trinajstić information content (AvgIpc) is 3.69. The zero-order valence-electron chi connectivity index (χ0n) is 31.6. The Morgan fingerprint density at radius 2 is 0.776 bits per heavy atom. The lowest BCUT2D eigenvalue weighted by Crippen LogP contribution is -2.77. The van der Waals surface area contributed by atoms with Crippen LogP contribution in [0.5, 0.6) is 0 Å². The topological polar surface area (TPSA) is 20.3 Å². The summed E-state index contributed by atoms with van der Waals surface area (Å²) in [6.07, 6.45) is 0. The van der Waals surface area contributed by atoms with Gasteiger partial charge >= 0.3 is 0 Å². The van der Waals surface area contributed by atoms with Gasteiger partial charge in [0.25, 0.3) is 0 Å². The van der Waals surface area contributed by atoms with Gasteiger partial charge in [-0.15, -0.1) is 0 Å². The van der Waals surface area contributed by atoms with Gasteiger partial charge in [-0.1, -0.05) is 182 Å². The van der Waals surface area contributed by atoms with E-state index in [-0.39, 0.29) is 0 Å². The highest BCUT2D eigenvalue weighted by Crippen LogP contribution is 2.72. The number of rotatable bonds is 4. The third-order valence-corrected chi connectivity index (χ3v) is 22.5. The van der Waals surface area contributed by atoms with Crippen LogP contribution in [0.4, 0.5) is 17.1 Å². The lowest BCUT2D eigenvalue weighted by atomic mass is 9.98. The lowest BCUT2D eigenvalue weighted by molar-refractivity contribution is 0.658. The lowest BCUT2D eigenvalue weighted by Gasteiger charge is -2.45. The van der Waals surface area contributed by atoms with Crippen molar-refractivity contribution in [1.29, 1.82) is 0 Å². The first-order chi connectivity index (χ1) is 28.6. The Hall–Kier alpha value is -6.85. The van der Waals surface area contributed by atoms with Gasteiger partial charge in [0.1, 0.15) is 0 Å². The zero-order valence-corrected chi connectivity index (χ0v) is 33.4. The minimum absolute atomic E-state index is 0.900. The molecule has 58 heavy (non-hydrogen) atoms. The summed E-state index contributed by atoms with van der Waals surface area (Å²) in [4.78, 5) is 6.07. The molecule has 0 saturated carbocycles. The summed E-state index contributed by atoms with van der Waals surface area (Å²) in [5.74, 6) is 0. The third-order valence-electron chi connectivity index (χ3n) is 12.8. The van der Waals surface area contributed by atoms with E-state index in [0.717, 1.165) is 58.7 Å². The van der Waals surface area contributed by atoms with E-state index in [2.05, 4.69) is 229 Å². The van der Waals surface area contributed by atoms with Crippen molar-refractivity contribution in [3.63, 3.8) is 0 Å². The SMILES string of the molecule is O=S12(c3ccccc3-c3ccccc31)c1ccccc1-c1cccc(-c3cccc(N4c5ccccc5[Si](c5ccccc5)(c5ccccc5)c5ccccc54)c3)c12. The fourth-order valence-electron chi connectivity index (χ4n) is 10.7. The molecule has 0 unspecified atom stereocenters. The van der Waals surface area contributed by atoms with Gasteiger partial charge in [0.15, 0.2) is 8.07 Å². The standard InChI is InChI=1S/C54H37NOSSi/c56-57(49-32-12-7-25-43(49)44-26-8-13-33-50(44)57)51-34-14-9-27-45(51)46-29-18-28-42(54(46)57)38-19-17-20-39(37-38)55-47-30-10-15-35-52(47)58(40-21-3-1-4-22-40,41-23-5-2-6-24-41)53-36-16-11-31-48(53)55/h1-37H. The van der Waals surface area contributed by atoms with Gasteiger partial charge < -0.3 is 4.90 Å². The smallest absolute Gasteiger partial charge is 0.184 e. The van der Waals surface area contributed by atoms with Gasteiger partial charge in [-0.25, -0.2) is 0 Å². The average molecular weight is 776 g/mol. The van der Waals surface area contributed by atoms with Crippen LogP contribution in [0.1, 0.15) is 0 Å². The van der Waals surface area contributed by atoms with Gasteiger partial charge in [0.05, 0.1) is 0 Å². The Morgan fingerprint density at radius 1 is 0.362 bits per heavy atom. The highest BCUT2D eigenvalue weighted by atomic mass is 32.3. The molecule has 3 aliphatic rings. The van der Waals surface area contributed by atoms with Crippen molar-refractivity contribution in [2.75, 3.05) is 4.90 Å². The molecule has 0 saturated heterocycles. The van der Waals surface area contributed by atoms with Crippen LogP contribution in [-0.4, -0.2) is 12.3 Å². The van der Waals surface area contributed by atoms with E-state index >= 15 is 4.21 Å². The number of nitrogens with zero attached hydrogens (tertiary/aromatic N) is 1. The predicted octanol–water partition coefficient (Wildman–Crippen LogP) is 10.8. The van der Waals surface area contributed by atoms with Crippen LogP contribution in [0.3, 0.4) is 0 Å². The minimum atomic E-state index is -4.06. The first kappa shape index (κ1) is 33.3. The summed E-state index contributed by atoms with van der Waals surface area (Å²) in [7, 11) is -6.82. The largest absolute Gasteiger partial charge is 0.311 e. The Bertz CT molecular complexity index is 3050. The Morgan fingerprint density at radius 3 is 1.33 bits per heavy atom. The van der Waals surface area contributed by atoms with Crippen molar-refractivity contribution >= 4 is 54.9 Å². The Kier molecular flexibility index (Phi) is 6.93. The van der Waals surface area contributed by atoms with E-state index in [1.807, 2.05) is 0 Å². The van der Waals surface area contributed by atoms with Crippen LogP contribution in [0.25, 0.3) is 33.4 Å².